The summed E-state index contributed by atoms with van der Waals surface area (Å²) in [5.74, 6) is 1.11. The second kappa shape index (κ2) is 8.47. The van der Waals surface area contributed by atoms with Crippen LogP contribution in [0.25, 0.3) is 0 Å². The number of rotatable bonds is 5. The minimum Gasteiger partial charge on any atom is -0.379 e. The van der Waals surface area contributed by atoms with Gasteiger partial charge in [0.15, 0.2) is 5.96 Å². The molecule has 1 atom stereocenters. The van der Waals surface area contributed by atoms with Crippen molar-refractivity contribution in [3.63, 3.8) is 0 Å². The Kier molecular flexibility index (Phi) is 6.60. The molecule has 0 spiro atoms. The van der Waals surface area contributed by atoms with Crippen LogP contribution >= 0.6 is 0 Å². The number of hydrogen-bond acceptors (Lipinski definition) is 3. The minimum absolute atomic E-state index is 0.675. The van der Waals surface area contributed by atoms with Gasteiger partial charge in [-0.15, -0.1) is 0 Å². The van der Waals surface area contributed by atoms with Crippen molar-refractivity contribution in [3.8, 4) is 0 Å². The molecule has 2 rings (SSSR count). The zero-order chi connectivity index (χ0) is 14.2. The summed E-state index contributed by atoms with van der Waals surface area (Å²) in [5, 5.41) is 3.44. The molecule has 0 aromatic carbocycles. The van der Waals surface area contributed by atoms with Crippen molar-refractivity contribution in [1.29, 1.82) is 0 Å². The van der Waals surface area contributed by atoms with E-state index < -0.39 is 0 Å². The molecule has 0 amide bonds. The molecule has 0 radical (unpaired) electrons. The van der Waals surface area contributed by atoms with Gasteiger partial charge in [-0.2, -0.15) is 0 Å². The maximum Gasteiger partial charge on any atom is 0.193 e. The quantitative estimate of drug-likeness (QED) is 0.467. The lowest BCUT2D eigenvalue weighted by molar-refractivity contribution is 0.0195. The highest BCUT2D eigenvalue weighted by Gasteiger charge is 2.30. The zero-order valence-corrected chi connectivity index (χ0v) is 13.1. The topological polar surface area (TPSA) is 40.1 Å². The molecule has 0 bridgehead atoms. The predicted octanol–water partition coefficient (Wildman–Crippen LogP) is 1.16. The van der Waals surface area contributed by atoms with E-state index >= 15 is 0 Å². The monoisotopic (exact) mass is 282 g/mol. The molecule has 0 saturated carbocycles. The number of hydrogen-bond donors (Lipinski definition) is 1. The van der Waals surface area contributed by atoms with Crippen LogP contribution in [0.15, 0.2) is 4.99 Å². The number of guanidine groups is 1. The van der Waals surface area contributed by atoms with Gasteiger partial charge in [0.05, 0.1) is 13.2 Å². The van der Waals surface area contributed by atoms with E-state index in [1.807, 2.05) is 0 Å². The first-order valence-electron chi connectivity index (χ1n) is 8.20. The molecule has 5 nitrogen and oxygen atoms in total. The maximum absolute atomic E-state index is 5.45. The Morgan fingerprint density at radius 2 is 2.05 bits per heavy atom. The van der Waals surface area contributed by atoms with E-state index in [2.05, 4.69) is 29.0 Å². The molecule has 2 heterocycles. The first-order chi connectivity index (χ1) is 9.85. The van der Waals surface area contributed by atoms with Crippen LogP contribution in [-0.4, -0.2) is 74.3 Å². The van der Waals surface area contributed by atoms with E-state index in [9.17, 15) is 0 Å². The lowest BCUT2D eigenvalue weighted by Crippen LogP contribution is -2.46. The Morgan fingerprint density at radius 1 is 1.25 bits per heavy atom. The van der Waals surface area contributed by atoms with E-state index in [4.69, 9.17) is 9.73 Å². The molecule has 20 heavy (non-hydrogen) atoms. The molecule has 2 aliphatic rings. The van der Waals surface area contributed by atoms with Gasteiger partial charge in [0.2, 0.25) is 0 Å². The highest BCUT2D eigenvalue weighted by Crippen LogP contribution is 2.17. The third-order valence-electron chi connectivity index (χ3n) is 4.13. The minimum atomic E-state index is 0.675. The summed E-state index contributed by atoms with van der Waals surface area (Å²) < 4.78 is 5.45. The molecule has 116 valence electrons. The molecule has 0 aromatic heterocycles. The van der Waals surface area contributed by atoms with Gasteiger partial charge in [-0.25, -0.2) is 0 Å². The van der Waals surface area contributed by atoms with Crippen LogP contribution < -0.4 is 5.32 Å². The second-order valence-electron chi connectivity index (χ2n) is 5.63. The third-order valence-corrected chi connectivity index (χ3v) is 4.13. The zero-order valence-electron chi connectivity index (χ0n) is 13.1. The largest absolute Gasteiger partial charge is 0.379 e. The Morgan fingerprint density at radius 3 is 2.75 bits per heavy atom. The molecule has 2 saturated heterocycles. The molecular weight excluding hydrogens is 252 g/mol. The summed E-state index contributed by atoms with van der Waals surface area (Å²) >= 11 is 0. The highest BCUT2D eigenvalue weighted by atomic mass is 16.5. The molecule has 1 unspecified atom stereocenters. The van der Waals surface area contributed by atoms with Crippen LogP contribution in [0, 0.1) is 0 Å². The summed E-state index contributed by atoms with van der Waals surface area (Å²) in [6.45, 7) is 12.4. The molecule has 0 aliphatic carbocycles. The van der Waals surface area contributed by atoms with Crippen LogP contribution in [0.1, 0.15) is 33.1 Å². The smallest absolute Gasteiger partial charge is 0.193 e. The number of aliphatic imine (C=N–C) groups is 1. The summed E-state index contributed by atoms with van der Waals surface area (Å²) in [4.78, 5) is 9.77. The normalized spacial score (nSPS) is 25.2. The molecule has 5 heteroatoms. The van der Waals surface area contributed by atoms with Crippen LogP contribution in [0.5, 0.6) is 0 Å². The molecule has 1 N–H and O–H groups in total. The van der Waals surface area contributed by atoms with Gasteiger partial charge < -0.3 is 15.0 Å². The Hall–Kier alpha value is -0.810. The Bertz CT molecular complexity index is 302. The van der Waals surface area contributed by atoms with E-state index in [1.165, 1.54) is 19.3 Å². The molecule has 2 fully saturated rings. The van der Waals surface area contributed by atoms with Gasteiger partial charge in [-0.1, -0.05) is 13.3 Å². The Balaban J connectivity index is 1.86. The van der Waals surface area contributed by atoms with Crippen molar-refractivity contribution in [3.05, 3.63) is 0 Å². The van der Waals surface area contributed by atoms with Crippen LogP contribution in [0.4, 0.5) is 0 Å². The van der Waals surface area contributed by atoms with Crippen LogP contribution in [0.2, 0.25) is 0 Å². The second-order valence-corrected chi connectivity index (χ2v) is 5.63. The van der Waals surface area contributed by atoms with E-state index in [0.29, 0.717) is 6.04 Å². The van der Waals surface area contributed by atoms with Crippen molar-refractivity contribution in [2.24, 2.45) is 4.99 Å². The van der Waals surface area contributed by atoms with Crippen molar-refractivity contribution < 1.29 is 4.74 Å². The SMILES string of the molecule is CCCCN=C(NCC)N1CCC(N2CCOCC2)C1. The average molecular weight is 282 g/mol. The van der Waals surface area contributed by atoms with Crippen LogP contribution in [-0.2, 0) is 4.74 Å². The van der Waals surface area contributed by atoms with Gasteiger partial charge in [0, 0.05) is 45.3 Å². The van der Waals surface area contributed by atoms with Crippen molar-refractivity contribution in [1.82, 2.24) is 15.1 Å². The van der Waals surface area contributed by atoms with Gasteiger partial charge in [0.25, 0.3) is 0 Å². The van der Waals surface area contributed by atoms with E-state index in [0.717, 1.165) is 58.4 Å². The molecule has 2 aliphatic heterocycles. The lowest BCUT2D eigenvalue weighted by Gasteiger charge is -2.32. The number of morpholine rings is 1. The average Bonchev–Trinajstić information content (AvgIpc) is 2.97. The predicted molar refractivity (Wildman–Crippen MR) is 83.3 cm³/mol. The standard InChI is InChI=1S/C15H30N4O/c1-3-5-7-17-15(16-4-2)19-8-6-14(13-19)18-9-11-20-12-10-18/h14H,3-13H2,1-2H3,(H,16,17). The molecular formula is C15H30N4O. The van der Waals surface area contributed by atoms with Gasteiger partial charge in [-0.05, 0) is 19.8 Å². The summed E-state index contributed by atoms with van der Waals surface area (Å²) in [5.41, 5.74) is 0. The number of unbranched alkanes of at least 4 members (excludes halogenated alkanes) is 1. The van der Waals surface area contributed by atoms with Crippen molar-refractivity contribution in [2.75, 3.05) is 52.5 Å². The highest BCUT2D eigenvalue weighted by molar-refractivity contribution is 5.80. The summed E-state index contributed by atoms with van der Waals surface area (Å²) in [6.07, 6.45) is 3.63. The molecule has 0 aromatic rings. The van der Waals surface area contributed by atoms with E-state index in [-0.39, 0.29) is 0 Å². The Labute approximate surface area is 123 Å². The third kappa shape index (κ3) is 4.35. The summed E-state index contributed by atoms with van der Waals surface area (Å²) in [7, 11) is 0. The first-order valence-corrected chi connectivity index (χ1v) is 8.20. The van der Waals surface area contributed by atoms with Gasteiger partial charge >= 0.3 is 0 Å². The number of likely N-dealkylation sites (tertiary alicyclic amines) is 1. The van der Waals surface area contributed by atoms with Crippen molar-refractivity contribution >= 4 is 5.96 Å². The fourth-order valence-electron chi connectivity index (χ4n) is 2.94. The number of ether oxygens (including phenoxy) is 1. The maximum atomic E-state index is 5.45. The van der Waals surface area contributed by atoms with Gasteiger partial charge in [-0.3, -0.25) is 9.89 Å². The fourth-order valence-corrected chi connectivity index (χ4v) is 2.94. The van der Waals surface area contributed by atoms with Crippen molar-refractivity contribution in [2.45, 2.75) is 39.2 Å². The first kappa shape index (κ1) is 15.6. The van der Waals surface area contributed by atoms with Gasteiger partial charge in [0.1, 0.15) is 0 Å². The van der Waals surface area contributed by atoms with Crippen LogP contribution in [0.3, 0.4) is 0 Å². The summed E-state index contributed by atoms with van der Waals surface area (Å²) in [6, 6.07) is 0.675. The lowest BCUT2D eigenvalue weighted by atomic mass is 10.2. The number of nitrogens with zero attached hydrogens (tertiary/aromatic N) is 3. The fraction of sp³-hybridized carbons (Fsp3) is 0.933. The van der Waals surface area contributed by atoms with E-state index in [1.54, 1.807) is 0 Å². The number of nitrogens with one attached hydrogen (secondary N) is 1.